The third kappa shape index (κ3) is 3.61. The van der Waals surface area contributed by atoms with Gasteiger partial charge in [0.15, 0.2) is 5.69 Å². The minimum Gasteiger partial charge on any atom is -0.497 e. The van der Waals surface area contributed by atoms with E-state index in [0.29, 0.717) is 11.3 Å². The highest BCUT2D eigenvalue weighted by Crippen LogP contribution is 2.17. The summed E-state index contributed by atoms with van der Waals surface area (Å²) >= 11 is 0. The van der Waals surface area contributed by atoms with Gasteiger partial charge < -0.3 is 4.74 Å². The van der Waals surface area contributed by atoms with Crippen molar-refractivity contribution in [1.29, 1.82) is 0 Å². The fraction of sp³-hybridized carbons (Fsp3) is 0.0625. The predicted octanol–water partition coefficient (Wildman–Crippen LogP) is 1.68. The van der Waals surface area contributed by atoms with E-state index in [9.17, 15) is 4.79 Å². The zero-order valence-electron chi connectivity index (χ0n) is 12.8. The van der Waals surface area contributed by atoms with Gasteiger partial charge in [-0.3, -0.25) is 14.8 Å². The first-order chi connectivity index (χ1) is 11.8. The average Bonchev–Trinajstić information content (AvgIpc) is 2.63. The molecule has 0 amide bonds. The fourth-order valence-electron chi connectivity index (χ4n) is 1.94. The van der Waals surface area contributed by atoms with E-state index in [4.69, 9.17) is 4.74 Å². The van der Waals surface area contributed by atoms with Gasteiger partial charge in [-0.1, -0.05) is 0 Å². The van der Waals surface area contributed by atoms with Crippen molar-refractivity contribution >= 4 is 12.2 Å². The lowest BCUT2D eigenvalue weighted by Gasteiger charge is -2.03. The standard InChI is InChI=1S/C16H14N6O2/c1-24-13-4-2-12(3-5-13)14-15(23)19-16(22-20-14)21-18-10-11-6-8-17-9-7-11/h2-10H,1H3,(H2,19,21,22,23)/b18-10+. The monoisotopic (exact) mass is 322 g/mol. The Morgan fingerprint density at radius 3 is 2.54 bits per heavy atom. The number of hydrogen-bond acceptors (Lipinski definition) is 7. The van der Waals surface area contributed by atoms with Crippen LogP contribution in [0.5, 0.6) is 5.75 Å². The molecule has 0 aliphatic rings. The average molecular weight is 322 g/mol. The lowest BCUT2D eigenvalue weighted by atomic mass is 10.1. The highest BCUT2D eigenvalue weighted by Gasteiger charge is 2.07. The molecular formula is C16H14N6O2. The van der Waals surface area contributed by atoms with Crippen molar-refractivity contribution in [1.82, 2.24) is 20.2 Å². The molecule has 2 aromatic heterocycles. The van der Waals surface area contributed by atoms with Crippen LogP contribution in [0, 0.1) is 0 Å². The van der Waals surface area contributed by atoms with Crippen molar-refractivity contribution < 1.29 is 4.74 Å². The fourth-order valence-corrected chi connectivity index (χ4v) is 1.94. The van der Waals surface area contributed by atoms with Crippen molar-refractivity contribution in [3.05, 3.63) is 64.7 Å². The van der Waals surface area contributed by atoms with E-state index < -0.39 is 0 Å². The van der Waals surface area contributed by atoms with Crippen LogP contribution >= 0.6 is 0 Å². The van der Waals surface area contributed by atoms with Gasteiger partial charge >= 0.3 is 0 Å². The van der Waals surface area contributed by atoms with Gasteiger partial charge in [-0.25, -0.2) is 5.43 Å². The van der Waals surface area contributed by atoms with Gasteiger partial charge in [-0.2, -0.15) is 5.10 Å². The zero-order chi connectivity index (χ0) is 16.8. The SMILES string of the molecule is COc1ccc(-c2nnc(N/N=C/c3ccncc3)[nH]c2=O)cc1. The molecule has 0 radical (unpaired) electrons. The molecule has 3 rings (SSSR count). The molecule has 8 heteroatoms. The summed E-state index contributed by atoms with van der Waals surface area (Å²) in [5, 5.41) is 11.9. The molecule has 8 nitrogen and oxygen atoms in total. The van der Waals surface area contributed by atoms with Gasteiger partial charge in [0.1, 0.15) is 5.75 Å². The summed E-state index contributed by atoms with van der Waals surface area (Å²) in [6.07, 6.45) is 4.90. The number of aromatic amines is 1. The van der Waals surface area contributed by atoms with Crippen LogP contribution in [0.1, 0.15) is 5.56 Å². The summed E-state index contributed by atoms with van der Waals surface area (Å²) in [7, 11) is 1.58. The van der Waals surface area contributed by atoms with Gasteiger partial charge in [0, 0.05) is 18.0 Å². The van der Waals surface area contributed by atoms with Crippen LogP contribution in [0.4, 0.5) is 5.95 Å². The van der Waals surface area contributed by atoms with E-state index in [1.54, 1.807) is 62.1 Å². The Balaban J connectivity index is 1.74. The molecule has 0 saturated carbocycles. The summed E-state index contributed by atoms with van der Waals surface area (Å²) in [5.41, 5.74) is 4.00. The van der Waals surface area contributed by atoms with Crippen molar-refractivity contribution in [3.63, 3.8) is 0 Å². The lowest BCUT2D eigenvalue weighted by Crippen LogP contribution is -2.15. The number of ether oxygens (including phenoxy) is 1. The van der Waals surface area contributed by atoms with E-state index in [1.807, 2.05) is 0 Å². The molecule has 0 saturated heterocycles. The summed E-state index contributed by atoms with van der Waals surface area (Å²) in [6.45, 7) is 0. The summed E-state index contributed by atoms with van der Waals surface area (Å²) < 4.78 is 5.08. The quantitative estimate of drug-likeness (QED) is 0.547. The number of nitrogens with zero attached hydrogens (tertiary/aromatic N) is 4. The molecule has 0 spiro atoms. The normalized spacial score (nSPS) is 10.7. The van der Waals surface area contributed by atoms with Crippen molar-refractivity contribution in [3.8, 4) is 17.0 Å². The molecule has 2 N–H and O–H groups in total. The van der Waals surface area contributed by atoms with E-state index >= 15 is 0 Å². The van der Waals surface area contributed by atoms with E-state index in [2.05, 4.69) is 30.7 Å². The smallest absolute Gasteiger partial charge is 0.279 e. The summed E-state index contributed by atoms with van der Waals surface area (Å²) in [4.78, 5) is 18.6. The molecule has 0 aliphatic heterocycles. The summed E-state index contributed by atoms with van der Waals surface area (Å²) in [5.74, 6) is 0.856. The molecule has 0 aliphatic carbocycles. The molecule has 0 atom stereocenters. The second kappa shape index (κ2) is 7.14. The third-order valence-electron chi connectivity index (χ3n) is 3.15. The number of nitrogens with one attached hydrogen (secondary N) is 2. The number of hydrazone groups is 1. The number of H-pyrrole nitrogens is 1. The third-order valence-corrected chi connectivity index (χ3v) is 3.15. The first kappa shape index (κ1) is 15.3. The van der Waals surface area contributed by atoms with Gasteiger partial charge in [-0.05, 0) is 42.0 Å². The maximum absolute atomic E-state index is 12.1. The number of aromatic nitrogens is 4. The molecule has 0 bridgehead atoms. The largest absolute Gasteiger partial charge is 0.497 e. The molecule has 0 unspecified atom stereocenters. The van der Waals surface area contributed by atoms with Crippen LogP contribution in [-0.4, -0.2) is 33.5 Å². The Hall–Kier alpha value is -3.55. The molecule has 24 heavy (non-hydrogen) atoms. The van der Waals surface area contributed by atoms with Crippen LogP contribution in [0.2, 0.25) is 0 Å². The van der Waals surface area contributed by atoms with Gasteiger partial charge in [0.05, 0.1) is 13.3 Å². The van der Waals surface area contributed by atoms with Crippen LogP contribution in [-0.2, 0) is 0 Å². The predicted molar refractivity (Wildman–Crippen MR) is 90.1 cm³/mol. The topological polar surface area (TPSA) is 105 Å². The highest BCUT2D eigenvalue weighted by molar-refractivity contribution is 5.79. The van der Waals surface area contributed by atoms with E-state index in [1.165, 1.54) is 0 Å². The molecule has 1 aromatic carbocycles. The van der Waals surface area contributed by atoms with Crippen molar-refractivity contribution in [2.24, 2.45) is 5.10 Å². The first-order valence-electron chi connectivity index (χ1n) is 7.07. The van der Waals surface area contributed by atoms with Crippen LogP contribution in [0.15, 0.2) is 58.7 Å². The number of anilines is 1. The minimum atomic E-state index is -0.364. The highest BCUT2D eigenvalue weighted by atomic mass is 16.5. The number of benzene rings is 1. The van der Waals surface area contributed by atoms with E-state index in [0.717, 1.165) is 5.56 Å². The van der Waals surface area contributed by atoms with Crippen molar-refractivity contribution in [2.75, 3.05) is 12.5 Å². The van der Waals surface area contributed by atoms with Crippen molar-refractivity contribution in [2.45, 2.75) is 0 Å². The maximum Gasteiger partial charge on any atom is 0.279 e. The Bertz CT molecular complexity index is 890. The Morgan fingerprint density at radius 1 is 1.12 bits per heavy atom. The lowest BCUT2D eigenvalue weighted by molar-refractivity contribution is 0.415. The number of rotatable bonds is 5. The number of methoxy groups -OCH3 is 1. The molecule has 2 heterocycles. The molecule has 120 valence electrons. The number of hydrogen-bond donors (Lipinski definition) is 2. The van der Waals surface area contributed by atoms with Crippen LogP contribution in [0.25, 0.3) is 11.3 Å². The maximum atomic E-state index is 12.1. The zero-order valence-corrected chi connectivity index (χ0v) is 12.8. The van der Waals surface area contributed by atoms with Gasteiger partial charge in [0.25, 0.3) is 5.56 Å². The Kier molecular flexibility index (Phi) is 4.57. The Morgan fingerprint density at radius 2 is 1.88 bits per heavy atom. The molecule has 3 aromatic rings. The van der Waals surface area contributed by atoms with Gasteiger partial charge in [0.2, 0.25) is 5.95 Å². The molecule has 0 fully saturated rings. The minimum absolute atomic E-state index is 0.155. The van der Waals surface area contributed by atoms with Gasteiger partial charge in [-0.15, -0.1) is 10.2 Å². The second-order valence-corrected chi connectivity index (χ2v) is 4.73. The summed E-state index contributed by atoms with van der Waals surface area (Å²) in [6, 6.07) is 10.6. The Labute approximate surface area is 137 Å². The van der Waals surface area contributed by atoms with Crippen LogP contribution < -0.4 is 15.7 Å². The van der Waals surface area contributed by atoms with E-state index in [-0.39, 0.29) is 17.2 Å². The molecular weight excluding hydrogens is 308 g/mol. The number of pyridine rings is 1. The first-order valence-corrected chi connectivity index (χ1v) is 7.07. The van der Waals surface area contributed by atoms with Crippen LogP contribution in [0.3, 0.4) is 0 Å². The second-order valence-electron chi connectivity index (χ2n) is 4.73.